The van der Waals surface area contributed by atoms with Crippen molar-refractivity contribution in [1.29, 1.82) is 0 Å². The molecule has 2 nitrogen and oxygen atoms in total. The van der Waals surface area contributed by atoms with Gasteiger partial charge in [0.2, 0.25) is 0 Å². The van der Waals surface area contributed by atoms with Crippen LogP contribution in [0.5, 0.6) is 0 Å². The Morgan fingerprint density at radius 1 is 1.46 bits per heavy atom. The number of carbonyl (C=O) groups excluding carboxylic acids is 1. The standard InChI is InChI=1S/C9H8I2O2/c1-2-13-9(12)7-5-6(10)3-4-8(7)11/h3-5H,2H2,1H3. The largest absolute Gasteiger partial charge is 0.462 e. The molecule has 1 rings (SSSR count). The van der Waals surface area contributed by atoms with Crippen LogP contribution in [0, 0.1) is 7.14 Å². The molecule has 1 aromatic rings. The Kier molecular flexibility index (Phi) is 4.43. The van der Waals surface area contributed by atoms with Gasteiger partial charge in [-0.1, -0.05) is 0 Å². The quantitative estimate of drug-likeness (QED) is 0.562. The maximum Gasteiger partial charge on any atom is 0.339 e. The van der Waals surface area contributed by atoms with Crippen molar-refractivity contribution in [2.45, 2.75) is 6.92 Å². The van der Waals surface area contributed by atoms with Gasteiger partial charge in [0.25, 0.3) is 0 Å². The summed E-state index contributed by atoms with van der Waals surface area (Å²) in [6.45, 7) is 2.22. The molecule has 0 bridgehead atoms. The van der Waals surface area contributed by atoms with Gasteiger partial charge in [0.15, 0.2) is 0 Å². The third-order valence-corrected chi connectivity index (χ3v) is 3.04. The molecule has 0 unspecified atom stereocenters. The van der Waals surface area contributed by atoms with Crippen molar-refractivity contribution in [3.05, 3.63) is 30.9 Å². The van der Waals surface area contributed by atoms with Crippen molar-refractivity contribution in [1.82, 2.24) is 0 Å². The van der Waals surface area contributed by atoms with E-state index in [2.05, 4.69) is 45.2 Å². The second-order valence-corrected chi connectivity index (χ2v) is 4.75. The Morgan fingerprint density at radius 3 is 2.77 bits per heavy atom. The maximum atomic E-state index is 11.4. The Hall–Kier alpha value is 0.150. The number of ether oxygens (including phenoxy) is 1. The first kappa shape index (κ1) is 11.2. The molecule has 0 heterocycles. The molecule has 4 heteroatoms. The van der Waals surface area contributed by atoms with E-state index in [-0.39, 0.29) is 5.97 Å². The molecule has 0 spiro atoms. The molecule has 0 aromatic heterocycles. The second kappa shape index (κ2) is 5.14. The monoisotopic (exact) mass is 402 g/mol. The molecule has 0 radical (unpaired) electrons. The van der Waals surface area contributed by atoms with E-state index in [1.165, 1.54) is 0 Å². The summed E-state index contributed by atoms with van der Waals surface area (Å²) in [4.78, 5) is 11.4. The average Bonchev–Trinajstić information content (AvgIpc) is 2.09. The normalized spacial score (nSPS) is 9.77. The zero-order valence-electron chi connectivity index (χ0n) is 7.01. The minimum Gasteiger partial charge on any atom is -0.462 e. The third kappa shape index (κ3) is 3.08. The number of hydrogen-bond acceptors (Lipinski definition) is 2. The van der Waals surface area contributed by atoms with Crippen LogP contribution in [0.25, 0.3) is 0 Å². The van der Waals surface area contributed by atoms with Gasteiger partial charge in [-0.25, -0.2) is 4.79 Å². The molecule has 0 aliphatic rings. The van der Waals surface area contributed by atoms with Crippen LogP contribution >= 0.6 is 45.2 Å². The van der Waals surface area contributed by atoms with Crippen LogP contribution in [0.4, 0.5) is 0 Å². The predicted octanol–water partition coefficient (Wildman–Crippen LogP) is 3.07. The van der Waals surface area contributed by atoms with Crippen molar-refractivity contribution >= 4 is 51.2 Å². The summed E-state index contributed by atoms with van der Waals surface area (Å²) in [7, 11) is 0. The van der Waals surface area contributed by atoms with Crippen LogP contribution in [0.2, 0.25) is 0 Å². The summed E-state index contributed by atoms with van der Waals surface area (Å²) < 4.78 is 6.89. The molecule has 0 aliphatic carbocycles. The number of hydrogen-bond donors (Lipinski definition) is 0. The van der Waals surface area contributed by atoms with Gasteiger partial charge in [0.05, 0.1) is 12.2 Å². The highest BCUT2D eigenvalue weighted by atomic mass is 127. The highest BCUT2D eigenvalue weighted by Gasteiger charge is 2.10. The van der Waals surface area contributed by atoms with Crippen LogP contribution in [-0.4, -0.2) is 12.6 Å². The van der Waals surface area contributed by atoms with Gasteiger partial charge in [-0.3, -0.25) is 0 Å². The SMILES string of the molecule is CCOC(=O)c1cc(I)ccc1I. The summed E-state index contributed by atoms with van der Waals surface area (Å²) in [5.74, 6) is -0.245. The summed E-state index contributed by atoms with van der Waals surface area (Å²) in [6.07, 6.45) is 0. The van der Waals surface area contributed by atoms with Crippen LogP contribution in [0.15, 0.2) is 18.2 Å². The lowest BCUT2D eigenvalue weighted by molar-refractivity contribution is 0.0525. The third-order valence-electron chi connectivity index (χ3n) is 1.42. The van der Waals surface area contributed by atoms with Crippen molar-refractivity contribution in [3.8, 4) is 0 Å². The zero-order chi connectivity index (χ0) is 9.84. The number of halogens is 2. The average molecular weight is 402 g/mol. The number of rotatable bonds is 2. The Balaban J connectivity index is 2.99. The Bertz CT molecular complexity index is 323. The van der Waals surface area contributed by atoms with Gasteiger partial charge in [0, 0.05) is 7.14 Å². The minimum atomic E-state index is -0.245. The van der Waals surface area contributed by atoms with Crippen molar-refractivity contribution < 1.29 is 9.53 Å². The van der Waals surface area contributed by atoms with E-state index in [0.29, 0.717) is 12.2 Å². The van der Waals surface area contributed by atoms with E-state index in [1.807, 2.05) is 18.2 Å². The molecule has 0 aliphatic heterocycles. The van der Waals surface area contributed by atoms with Gasteiger partial charge in [-0.15, -0.1) is 0 Å². The topological polar surface area (TPSA) is 26.3 Å². The van der Waals surface area contributed by atoms with E-state index in [4.69, 9.17) is 4.74 Å². The summed E-state index contributed by atoms with van der Waals surface area (Å²) in [5, 5.41) is 0. The van der Waals surface area contributed by atoms with E-state index in [1.54, 1.807) is 6.92 Å². The van der Waals surface area contributed by atoms with Crippen molar-refractivity contribution in [2.75, 3.05) is 6.61 Å². The molecule has 0 saturated carbocycles. The fraction of sp³-hybridized carbons (Fsp3) is 0.222. The highest BCUT2D eigenvalue weighted by Crippen LogP contribution is 2.16. The van der Waals surface area contributed by atoms with Gasteiger partial charge >= 0.3 is 5.97 Å². The molecular formula is C9H8I2O2. The van der Waals surface area contributed by atoms with Crippen molar-refractivity contribution in [2.24, 2.45) is 0 Å². The lowest BCUT2D eigenvalue weighted by Crippen LogP contribution is -2.06. The molecule has 0 amide bonds. The van der Waals surface area contributed by atoms with E-state index < -0.39 is 0 Å². The number of benzene rings is 1. The fourth-order valence-electron chi connectivity index (χ4n) is 0.863. The first-order valence-corrected chi connectivity index (χ1v) is 5.93. The summed E-state index contributed by atoms with van der Waals surface area (Å²) in [5.41, 5.74) is 0.648. The fourth-order valence-corrected chi connectivity index (χ4v) is 1.91. The smallest absolute Gasteiger partial charge is 0.339 e. The molecule has 0 fully saturated rings. The van der Waals surface area contributed by atoms with Crippen LogP contribution in [0.3, 0.4) is 0 Å². The predicted molar refractivity (Wildman–Crippen MR) is 67.8 cm³/mol. The number of carbonyl (C=O) groups is 1. The van der Waals surface area contributed by atoms with Crippen LogP contribution < -0.4 is 0 Å². The molecule has 13 heavy (non-hydrogen) atoms. The van der Waals surface area contributed by atoms with Gasteiger partial charge in [-0.2, -0.15) is 0 Å². The molecule has 0 saturated heterocycles. The lowest BCUT2D eigenvalue weighted by Gasteiger charge is -2.04. The molecule has 1 aromatic carbocycles. The van der Waals surface area contributed by atoms with Gasteiger partial charge < -0.3 is 4.74 Å². The highest BCUT2D eigenvalue weighted by molar-refractivity contribution is 14.1. The van der Waals surface area contributed by atoms with Gasteiger partial charge in [-0.05, 0) is 70.3 Å². The summed E-state index contributed by atoms with van der Waals surface area (Å²) >= 11 is 4.30. The van der Waals surface area contributed by atoms with E-state index >= 15 is 0 Å². The Morgan fingerprint density at radius 2 is 2.15 bits per heavy atom. The molecule has 70 valence electrons. The van der Waals surface area contributed by atoms with E-state index in [0.717, 1.165) is 7.14 Å². The summed E-state index contributed by atoms with van der Waals surface area (Å²) in [6, 6.07) is 5.71. The van der Waals surface area contributed by atoms with Crippen molar-refractivity contribution in [3.63, 3.8) is 0 Å². The molecule has 0 atom stereocenters. The lowest BCUT2D eigenvalue weighted by atomic mass is 10.2. The second-order valence-electron chi connectivity index (χ2n) is 2.34. The first-order chi connectivity index (χ1) is 6.15. The molecule has 0 N–H and O–H groups in total. The van der Waals surface area contributed by atoms with Crippen LogP contribution in [0.1, 0.15) is 17.3 Å². The Labute approximate surface area is 104 Å². The first-order valence-electron chi connectivity index (χ1n) is 3.77. The zero-order valence-corrected chi connectivity index (χ0v) is 11.3. The van der Waals surface area contributed by atoms with Crippen LogP contribution in [-0.2, 0) is 4.74 Å². The molecular weight excluding hydrogens is 394 g/mol. The minimum absolute atomic E-state index is 0.245. The maximum absolute atomic E-state index is 11.4. The number of esters is 1. The van der Waals surface area contributed by atoms with E-state index in [9.17, 15) is 4.79 Å². The van der Waals surface area contributed by atoms with Gasteiger partial charge in [0.1, 0.15) is 0 Å².